The van der Waals surface area contributed by atoms with Crippen molar-refractivity contribution >= 4 is 0 Å². The highest BCUT2D eigenvalue weighted by atomic mass is 16.5. The molecule has 4 rings (SSSR count). The van der Waals surface area contributed by atoms with E-state index in [-0.39, 0.29) is 0 Å². The number of likely N-dealkylation sites (tertiary alicyclic amines) is 1. The molecule has 0 bridgehead atoms. The van der Waals surface area contributed by atoms with Crippen molar-refractivity contribution in [3.63, 3.8) is 0 Å². The van der Waals surface area contributed by atoms with Gasteiger partial charge >= 0.3 is 0 Å². The lowest BCUT2D eigenvalue weighted by molar-refractivity contribution is 0.0520. The van der Waals surface area contributed by atoms with E-state index >= 15 is 0 Å². The quantitative estimate of drug-likeness (QED) is 0.832. The van der Waals surface area contributed by atoms with E-state index in [1.54, 1.807) is 0 Å². The minimum atomic E-state index is 0.553. The summed E-state index contributed by atoms with van der Waals surface area (Å²) in [6.07, 6.45) is 6.71. The monoisotopic (exact) mass is 343 g/mol. The lowest BCUT2D eigenvalue weighted by atomic mass is 9.94. The zero-order valence-corrected chi connectivity index (χ0v) is 15.3. The summed E-state index contributed by atoms with van der Waals surface area (Å²) in [5.41, 5.74) is 1.44. The molecule has 138 valence electrons. The summed E-state index contributed by atoms with van der Waals surface area (Å²) < 4.78 is 5.71. The minimum Gasteiger partial charge on any atom is -0.379 e. The highest BCUT2D eigenvalue weighted by Crippen LogP contribution is 2.30. The summed E-state index contributed by atoms with van der Waals surface area (Å²) in [6, 6.07) is 12.8. The molecule has 0 amide bonds. The van der Waals surface area contributed by atoms with Crippen molar-refractivity contribution in [2.24, 2.45) is 5.92 Å². The third kappa shape index (κ3) is 4.43. The number of nitrogens with zero attached hydrogens (tertiary/aromatic N) is 1. The third-order valence-corrected chi connectivity index (χ3v) is 6.38. The summed E-state index contributed by atoms with van der Waals surface area (Å²) in [5.74, 6) is 0.740. The first-order valence-electron chi connectivity index (χ1n) is 10.2. The van der Waals surface area contributed by atoms with Crippen LogP contribution in [0.2, 0.25) is 0 Å². The predicted molar refractivity (Wildman–Crippen MR) is 102 cm³/mol. The molecule has 0 spiro atoms. The van der Waals surface area contributed by atoms with Gasteiger partial charge in [-0.25, -0.2) is 0 Å². The lowest BCUT2D eigenvalue weighted by Gasteiger charge is -2.34. The topological polar surface area (TPSA) is 36.5 Å². The van der Waals surface area contributed by atoms with E-state index in [1.807, 2.05) is 0 Å². The number of benzene rings is 1. The van der Waals surface area contributed by atoms with Crippen molar-refractivity contribution in [3.05, 3.63) is 35.9 Å². The number of nitrogens with one attached hydrogen (secondary N) is 2. The number of ether oxygens (including phenoxy) is 1. The average molecular weight is 344 g/mol. The Hall–Kier alpha value is -0.940. The van der Waals surface area contributed by atoms with Crippen molar-refractivity contribution in [1.29, 1.82) is 0 Å². The van der Waals surface area contributed by atoms with Crippen LogP contribution >= 0.6 is 0 Å². The Kier molecular flexibility index (Phi) is 6.03. The molecule has 2 aliphatic heterocycles. The maximum Gasteiger partial charge on any atom is 0.0623 e. The summed E-state index contributed by atoms with van der Waals surface area (Å²) in [5, 5.41) is 7.63. The highest BCUT2D eigenvalue weighted by Gasteiger charge is 2.35. The average Bonchev–Trinajstić information content (AvgIpc) is 3.31. The third-order valence-electron chi connectivity index (χ3n) is 6.38. The Morgan fingerprint density at radius 1 is 1.12 bits per heavy atom. The molecule has 1 aromatic carbocycles. The van der Waals surface area contributed by atoms with E-state index < -0.39 is 0 Å². The van der Waals surface area contributed by atoms with Crippen LogP contribution in [0.4, 0.5) is 0 Å². The van der Waals surface area contributed by atoms with Gasteiger partial charge in [0.25, 0.3) is 0 Å². The molecule has 2 heterocycles. The summed E-state index contributed by atoms with van der Waals surface area (Å²) in [7, 11) is 0. The van der Waals surface area contributed by atoms with E-state index in [2.05, 4.69) is 45.9 Å². The van der Waals surface area contributed by atoms with Gasteiger partial charge in [-0.1, -0.05) is 36.8 Å². The molecule has 0 radical (unpaired) electrons. The van der Waals surface area contributed by atoms with Crippen LogP contribution < -0.4 is 10.6 Å². The molecule has 1 aromatic rings. The van der Waals surface area contributed by atoms with Crippen LogP contribution in [0, 0.1) is 5.92 Å². The first-order valence-corrected chi connectivity index (χ1v) is 10.2. The molecule has 1 aliphatic carbocycles. The second kappa shape index (κ2) is 8.63. The van der Waals surface area contributed by atoms with Gasteiger partial charge in [0.2, 0.25) is 0 Å². The number of rotatable bonds is 6. The molecular formula is C21H33N3O. The molecule has 4 heteroatoms. The Bertz CT molecular complexity index is 517. The standard InChI is InChI=1S/C21H33N3O/c1-2-6-17(7-3-1)15-24-12-5-8-18(24)14-23-20-10-4-9-19(20)21-16-25-13-11-22-21/h1-3,6-7,18-23H,4-5,8-16H2. The fourth-order valence-electron chi connectivity index (χ4n) is 5.02. The van der Waals surface area contributed by atoms with Crippen molar-refractivity contribution in [3.8, 4) is 0 Å². The fourth-order valence-corrected chi connectivity index (χ4v) is 5.02. The second-order valence-electron chi connectivity index (χ2n) is 8.00. The predicted octanol–water partition coefficient (Wildman–Crippen LogP) is 2.40. The van der Waals surface area contributed by atoms with Crippen molar-refractivity contribution in [2.45, 2.75) is 56.8 Å². The van der Waals surface area contributed by atoms with Crippen molar-refractivity contribution in [1.82, 2.24) is 15.5 Å². The molecular weight excluding hydrogens is 310 g/mol. The minimum absolute atomic E-state index is 0.553. The number of morpholine rings is 1. The zero-order chi connectivity index (χ0) is 16.9. The Labute approximate surface area is 152 Å². The summed E-state index contributed by atoms with van der Waals surface area (Å²) in [6.45, 7) is 6.26. The van der Waals surface area contributed by atoms with Gasteiger partial charge in [0, 0.05) is 37.8 Å². The first-order chi connectivity index (χ1) is 12.4. The normalized spacial score (nSPS) is 33.8. The van der Waals surface area contributed by atoms with E-state index in [9.17, 15) is 0 Å². The molecule has 2 N–H and O–H groups in total. The Balaban J connectivity index is 1.29. The van der Waals surface area contributed by atoms with Crippen LogP contribution in [0.5, 0.6) is 0 Å². The lowest BCUT2D eigenvalue weighted by Crippen LogP contribution is -2.52. The maximum atomic E-state index is 5.71. The van der Waals surface area contributed by atoms with Crippen LogP contribution in [-0.4, -0.2) is 55.9 Å². The molecule has 2 saturated heterocycles. The zero-order valence-electron chi connectivity index (χ0n) is 15.3. The van der Waals surface area contributed by atoms with E-state index in [0.29, 0.717) is 18.1 Å². The van der Waals surface area contributed by atoms with Gasteiger partial charge in [-0.3, -0.25) is 4.90 Å². The summed E-state index contributed by atoms with van der Waals surface area (Å²) in [4.78, 5) is 2.67. The molecule has 0 aromatic heterocycles. The van der Waals surface area contributed by atoms with E-state index in [0.717, 1.165) is 38.8 Å². The molecule has 25 heavy (non-hydrogen) atoms. The molecule has 4 unspecified atom stereocenters. The molecule has 4 nitrogen and oxygen atoms in total. The molecule has 1 saturated carbocycles. The van der Waals surface area contributed by atoms with Crippen LogP contribution in [0.1, 0.15) is 37.7 Å². The van der Waals surface area contributed by atoms with Gasteiger partial charge in [-0.2, -0.15) is 0 Å². The molecule has 3 fully saturated rings. The SMILES string of the molecule is c1ccc(CN2CCCC2CNC2CCCC2C2COCCN2)cc1. The molecule has 4 atom stereocenters. The first kappa shape index (κ1) is 17.5. The van der Waals surface area contributed by atoms with Crippen molar-refractivity contribution in [2.75, 3.05) is 32.8 Å². The summed E-state index contributed by atoms with van der Waals surface area (Å²) >= 11 is 0. The van der Waals surface area contributed by atoms with Gasteiger partial charge in [0.15, 0.2) is 0 Å². The van der Waals surface area contributed by atoms with Gasteiger partial charge in [-0.05, 0) is 43.7 Å². The van der Waals surface area contributed by atoms with Crippen molar-refractivity contribution < 1.29 is 4.74 Å². The van der Waals surface area contributed by atoms with Crippen LogP contribution in [0.3, 0.4) is 0 Å². The molecule has 3 aliphatic rings. The fraction of sp³-hybridized carbons (Fsp3) is 0.714. The van der Waals surface area contributed by atoms with Crippen LogP contribution in [0.15, 0.2) is 30.3 Å². The van der Waals surface area contributed by atoms with E-state index in [4.69, 9.17) is 4.74 Å². The smallest absolute Gasteiger partial charge is 0.0623 e. The number of hydrogen-bond donors (Lipinski definition) is 2. The van der Waals surface area contributed by atoms with Gasteiger partial charge in [0.1, 0.15) is 0 Å². The van der Waals surface area contributed by atoms with Crippen LogP contribution in [-0.2, 0) is 11.3 Å². The van der Waals surface area contributed by atoms with Gasteiger partial charge in [-0.15, -0.1) is 0 Å². The number of hydrogen-bond acceptors (Lipinski definition) is 4. The largest absolute Gasteiger partial charge is 0.379 e. The maximum absolute atomic E-state index is 5.71. The Morgan fingerprint density at radius 3 is 2.88 bits per heavy atom. The Morgan fingerprint density at radius 2 is 2.04 bits per heavy atom. The van der Waals surface area contributed by atoms with Crippen LogP contribution in [0.25, 0.3) is 0 Å². The van der Waals surface area contributed by atoms with E-state index in [1.165, 1.54) is 44.2 Å². The second-order valence-corrected chi connectivity index (χ2v) is 8.00. The van der Waals surface area contributed by atoms with Gasteiger partial charge < -0.3 is 15.4 Å². The van der Waals surface area contributed by atoms with Gasteiger partial charge in [0.05, 0.1) is 13.2 Å². The highest BCUT2D eigenvalue weighted by molar-refractivity contribution is 5.14.